The van der Waals surface area contributed by atoms with Crippen LogP contribution in [0, 0.1) is 6.92 Å². The van der Waals surface area contributed by atoms with Crippen molar-refractivity contribution in [1.82, 2.24) is 4.72 Å². The minimum absolute atomic E-state index is 0.175. The molecule has 0 aliphatic rings. The summed E-state index contributed by atoms with van der Waals surface area (Å²) in [6.07, 6.45) is 0.331. The Balaban J connectivity index is 2.97. The van der Waals surface area contributed by atoms with E-state index in [2.05, 4.69) is 25.4 Å². The van der Waals surface area contributed by atoms with Gasteiger partial charge in [-0.3, -0.25) is 4.79 Å². The number of sulfonamides is 1. The van der Waals surface area contributed by atoms with E-state index in [0.29, 0.717) is 6.42 Å². The summed E-state index contributed by atoms with van der Waals surface area (Å²) in [4.78, 5) is 11.4. The van der Waals surface area contributed by atoms with Crippen molar-refractivity contribution in [2.24, 2.45) is 0 Å². The van der Waals surface area contributed by atoms with E-state index in [1.807, 2.05) is 0 Å². The summed E-state index contributed by atoms with van der Waals surface area (Å²) >= 11 is 4.38. The Hall–Kier alpha value is -0.440. The lowest BCUT2D eigenvalue weighted by Gasteiger charge is -2.13. The third-order valence-corrected chi connectivity index (χ3v) is 6.37. The molecule has 18 heavy (non-hydrogen) atoms. The number of hydrogen-bond donors (Lipinski definition) is 1. The number of carbonyl (C=O) groups is 1. The summed E-state index contributed by atoms with van der Waals surface area (Å²) in [5, 5.41) is 0. The zero-order valence-corrected chi connectivity index (χ0v) is 13.4. The number of carbonyl (C=O) groups excluding carboxylic acids is 1. The number of thiophene rings is 1. The van der Waals surface area contributed by atoms with Crippen LogP contribution < -0.4 is 4.72 Å². The molecule has 0 radical (unpaired) electrons. The molecule has 1 rings (SSSR count). The predicted molar refractivity (Wildman–Crippen MR) is 73.2 cm³/mol. The molecule has 8 heteroatoms. The smallest absolute Gasteiger partial charge is 0.323 e. The molecule has 0 amide bonds. The van der Waals surface area contributed by atoms with E-state index in [0.717, 1.165) is 20.7 Å². The quantitative estimate of drug-likeness (QED) is 0.820. The molecule has 102 valence electrons. The largest absolute Gasteiger partial charge is 0.468 e. The van der Waals surface area contributed by atoms with Gasteiger partial charge in [0, 0.05) is 0 Å². The second-order valence-corrected chi connectivity index (χ2v) is 7.94. The molecular weight excluding hydrogens is 342 g/mol. The highest BCUT2D eigenvalue weighted by molar-refractivity contribution is 9.11. The third-order valence-electron chi connectivity index (χ3n) is 2.29. The second-order valence-electron chi connectivity index (χ2n) is 3.63. The molecule has 1 unspecified atom stereocenters. The first-order valence-electron chi connectivity index (χ1n) is 5.18. The van der Waals surface area contributed by atoms with E-state index < -0.39 is 22.0 Å². The van der Waals surface area contributed by atoms with E-state index in [-0.39, 0.29) is 4.21 Å². The van der Waals surface area contributed by atoms with E-state index in [4.69, 9.17) is 0 Å². The maximum absolute atomic E-state index is 12.1. The fraction of sp³-hybridized carbons (Fsp3) is 0.500. The molecule has 0 spiro atoms. The molecule has 0 fully saturated rings. The van der Waals surface area contributed by atoms with E-state index >= 15 is 0 Å². The van der Waals surface area contributed by atoms with Gasteiger partial charge in [-0.1, -0.05) is 6.92 Å². The Bertz CT molecular complexity index is 519. The molecule has 0 aliphatic carbocycles. The van der Waals surface area contributed by atoms with Crippen molar-refractivity contribution in [2.75, 3.05) is 7.11 Å². The Labute approximate surface area is 119 Å². The summed E-state index contributed by atoms with van der Waals surface area (Å²) in [7, 11) is -2.46. The maximum atomic E-state index is 12.1. The second kappa shape index (κ2) is 6.14. The van der Waals surface area contributed by atoms with Gasteiger partial charge >= 0.3 is 5.97 Å². The van der Waals surface area contributed by atoms with E-state index in [1.54, 1.807) is 19.9 Å². The van der Waals surface area contributed by atoms with Crippen LogP contribution in [0.15, 0.2) is 14.1 Å². The molecular formula is C10H14BrNO4S2. The Morgan fingerprint density at radius 1 is 1.61 bits per heavy atom. The first-order chi connectivity index (χ1) is 8.31. The summed E-state index contributed by atoms with van der Waals surface area (Å²) in [6, 6.07) is 0.697. The molecule has 0 aromatic carbocycles. The van der Waals surface area contributed by atoms with Gasteiger partial charge in [-0.2, -0.15) is 4.72 Å². The first kappa shape index (κ1) is 15.6. The van der Waals surface area contributed by atoms with Crippen molar-refractivity contribution < 1.29 is 17.9 Å². The van der Waals surface area contributed by atoms with Crippen LogP contribution in [0.2, 0.25) is 0 Å². The lowest BCUT2D eigenvalue weighted by atomic mass is 10.2. The minimum atomic E-state index is -3.69. The SMILES string of the molecule is CCC(NS(=O)(=O)c1cc(C)c(Br)s1)C(=O)OC. The lowest BCUT2D eigenvalue weighted by Crippen LogP contribution is -2.40. The molecule has 1 aromatic rings. The summed E-state index contributed by atoms with van der Waals surface area (Å²) in [6.45, 7) is 3.51. The van der Waals surface area contributed by atoms with Gasteiger partial charge in [0.15, 0.2) is 0 Å². The van der Waals surface area contributed by atoms with Crippen LogP contribution >= 0.6 is 27.3 Å². The van der Waals surface area contributed by atoms with Crippen LogP contribution in [0.25, 0.3) is 0 Å². The molecule has 5 nitrogen and oxygen atoms in total. The highest BCUT2D eigenvalue weighted by atomic mass is 79.9. The van der Waals surface area contributed by atoms with Gasteiger partial charge in [0.2, 0.25) is 0 Å². The van der Waals surface area contributed by atoms with Crippen LogP contribution in [0.1, 0.15) is 18.9 Å². The van der Waals surface area contributed by atoms with Crippen LogP contribution in [-0.2, 0) is 19.6 Å². The van der Waals surface area contributed by atoms with Gasteiger partial charge in [0.1, 0.15) is 10.3 Å². The molecule has 1 N–H and O–H groups in total. The van der Waals surface area contributed by atoms with Crippen LogP contribution in [0.5, 0.6) is 0 Å². The number of ether oxygens (including phenoxy) is 1. The predicted octanol–water partition coefficient (Wildman–Crippen LogP) is 2.05. The van der Waals surface area contributed by atoms with Crippen molar-refractivity contribution in [3.63, 3.8) is 0 Å². The maximum Gasteiger partial charge on any atom is 0.323 e. The van der Waals surface area contributed by atoms with Crippen molar-refractivity contribution in [2.45, 2.75) is 30.5 Å². The molecule has 0 saturated carbocycles. The molecule has 1 aromatic heterocycles. The van der Waals surface area contributed by atoms with Crippen LogP contribution in [0.3, 0.4) is 0 Å². The molecule has 0 bridgehead atoms. The minimum Gasteiger partial charge on any atom is -0.468 e. The topological polar surface area (TPSA) is 72.5 Å². The number of aryl methyl sites for hydroxylation is 1. The Kier molecular flexibility index (Phi) is 5.32. The van der Waals surface area contributed by atoms with Gasteiger partial charge in [-0.05, 0) is 40.9 Å². The zero-order chi connectivity index (χ0) is 13.9. The number of halogens is 1. The third kappa shape index (κ3) is 3.53. The van der Waals surface area contributed by atoms with E-state index in [9.17, 15) is 13.2 Å². The molecule has 1 heterocycles. The molecule has 0 saturated heterocycles. The normalized spacial score (nSPS) is 13.3. The fourth-order valence-electron chi connectivity index (χ4n) is 1.25. The number of methoxy groups -OCH3 is 1. The van der Waals surface area contributed by atoms with Crippen molar-refractivity contribution >= 4 is 43.3 Å². The summed E-state index contributed by atoms with van der Waals surface area (Å²) in [5.41, 5.74) is 0.839. The Morgan fingerprint density at radius 3 is 2.61 bits per heavy atom. The number of nitrogens with one attached hydrogen (secondary N) is 1. The van der Waals surface area contributed by atoms with Gasteiger partial charge < -0.3 is 4.74 Å². The van der Waals surface area contributed by atoms with Crippen molar-refractivity contribution in [3.8, 4) is 0 Å². The number of hydrogen-bond acceptors (Lipinski definition) is 5. The van der Waals surface area contributed by atoms with Gasteiger partial charge in [-0.25, -0.2) is 8.42 Å². The fourth-order valence-corrected chi connectivity index (χ4v) is 4.76. The van der Waals surface area contributed by atoms with Gasteiger partial charge in [-0.15, -0.1) is 11.3 Å². The lowest BCUT2D eigenvalue weighted by molar-refractivity contribution is -0.142. The van der Waals surface area contributed by atoms with Gasteiger partial charge in [0.05, 0.1) is 10.9 Å². The highest BCUT2D eigenvalue weighted by Crippen LogP contribution is 2.30. The summed E-state index contributed by atoms with van der Waals surface area (Å²) < 4.78 is 31.9. The zero-order valence-electron chi connectivity index (χ0n) is 10.2. The monoisotopic (exact) mass is 355 g/mol. The number of rotatable bonds is 5. The molecule has 0 aliphatic heterocycles. The Morgan fingerprint density at radius 2 is 2.22 bits per heavy atom. The van der Waals surface area contributed by atoms with E-state index in [1.165, 1.54) is 7.11 Å². The highest BCUT2D eigenvalue weighted by Gasteiger charge is 2.26. The first-order valence-corrected chi connectivity index (χ1v) is 8.27. The average Bonchev–Trinajstić information content (AvgIpc) is 2.66. The summed E-state index contributed by atoms with van der Waals surface area (Å²) in [5.74, 6) is -0.589. The van der Waals surface area contributed by atoms with Crippen LogP contribution in [0.4, 0.5) is 0 Å². The van der Waals surface area contributed by atoms with Gasteiger partial charge in [0.25, 0.3) is 10.0 Å². The number of esters is 1. The standard InChI is InChI=1S/C10H14BrNO4S2/c1-4-7(10(13)16-3)12-18(14,15)8-5-6(2)9(11)17-8/h5,7,12H,4H2,1-3H3. The van der Waals surface area contributed by atoms with Crippen molar-refractivity contribution in [3.05, 3.63) is 15.4 Å². The van der Waals surface area contributed by atoms with Crippen LogP contribution in [-0.4, -0.2) is 27.5 Å². The molecule has 1 atom stereocenters. The average molecular weight is 356 g/mol. The van der Waals surface area contributed by atoms with Crippen molar-refractivity contribution in [1.29, 1.82) is 0 Å².